The van der Waals surface area contributed by atoms with E-state index in [0.717, 1.165) is 50.4 Å². The molecular formula is C16H25N3O. The number of hydrogen-bond donors (Lipinski definition) is 2. The summed E-state index contributed by atoms with van der Waals surface area (Å²) in [6, 6.07) is 7.90. The van der Waals surface area contributed by atoms with Crippen LogP contribution < -0.4 is 15.5 Å². The van der Waals surface area contributed by atoms with Crippen molar-refractivity contribution in [2.75, 3.05) is 37.6 Å². The number of rotatable bonds is 5. The van der Waals surface area contributed by atoms with Gasteiger partial charge >= 0.3 is 0 Å². The van der Waals surface area contributed by atoms with E-state index in [1.807, 2.05) is 24.3 Å². The molecule has 0 radical (unpaired) electrons. The minimum Gasteiger partial charge on any atom is -0.368 e. The molecule has 0 saturated carbocycles. The van der Waals surface area contributed by atoms with Gasteiger partial charge in [0, 0.05) is 38.4 Å². The summed E-state index contributed by atoms with van der Waals surface area (Å²) in [6.07, 6.45) is 1.02. The molecule has 0 unspecified atom stereocenters. The Morgan fingerprint density at radius 2 is 2.00 bits per heavy atom. The van der Waals surface area contributed by atoms with Crippen LogP contribution in [0.15, 0.2) is 24.3 Å². The van der Waals surface area contributed by atoms with Gasteiger partial charge in [0.15, 0.2) is 0 Å². The Morgan fingerprint density at radius 1 is 1.30 bits per heavy atom. The second-order valence-electron chi connectivity index (χ2n) is 5.69. The van der Waals surface area contributed by atoms with E-state index in [4.69, 9.17) is 0 Å². The number of para-hydroxylation sites is 1. The summed E-state index contributed by atoms with van der Waals surface area (Å²) in [6.45, 7) is 8.94. The fourth-order valence-electron chi connectivity index (χ4n) is 2.42. The number of carbonyl (C=O) groups excluding carboxylic acids is 1. The molecule has 0 aromatic heterocycles. The fourth-order valence-corrected chi connectivity index (χ4v) is 2.42. The molecule has 0 spiro atoms. The summed E-state index contributed by atoms with van der Waals surface area (Å²) in [5, 5.41) is 6.37. The average Bonchev–Trinajstić information content (AvgIpc) is 2.47. The summed E-state index contributed by atoms with van der Waals surface area (Å²) in [5.41, 5.74) is 1.84. The first kappa shape index (κ1) is 14.9. The van der Waals surface area contributed by atoms with Crippen LogP contribution >= 0.6 is 0 Å². The Kier molecular flexibility index (Phi) is 5.41. The summed E-state index contributed by atoms with van der Waals surface area (Å²) < 4.78 is 0. The maximum atomic E-state index is 12.3. The molecule has 20 heavy (non-hydrogen) atoms. The lowest BCUT2D eigenvalue weighted by molar-refractivity contribution is 0.0952. The van der Waals surface area contributed by atoms with Crippen LogP contribution in [0, 0.1) is 5.92 Å². The first-order valence-corrected chi connectivity index (χ1v) is 7.51. The Balaban J connectivity index is 2.04. The number of piperazine rings is 1. The predicted molar refractivity (Wildman–Crippen MR) is 83.3 cm³/mol. The minimum absolute atomic E-state index is 0.0415. The molecule has 1 fully saturated rings. The van der Waals surface area contributed by atoms with Gasteiger partial charge in [-0.15, -0.1) is 0 Å². The largest absolute Gasteiger partial charge is 0.368 e. The van der Waals surface area contributed by atoms with Gasteiger partial charge in [-0.25, -0.2) is 0 Å². The van der Waals surface area contributed by atoms with Crippen LogP contribution in [0.4, 0.5) is 5.69 Å². The maximum Gasteiger partial charge on any atom is 0.253 e. The third kappa shape index (κ3) is 3.97. The summed E-state index contributed by atoms with van der Waals surface area (Å²) in [7, 11) is 0. The van der Waals surface area contributed by atoms with E-state index in [0.29, 0.717) is 5.92 Å². The number of nitrogens with zero attached hydrogens (tertiary/aromatic N) is 1. The second kappa shape index (κ2) is 7.29. The smallest absolute Gasteiger partial charge is 0.253 e. The van der Waals surface area contributed by atoms with Crippen molar-refractivity contribution in [1.82, 2.24) is 10.6 Å². The number of nitrogens with one attached hydrogen (secondary N) is 2. The lowest BCUT2D eigenvalue weighted by Crippen LogP contribution is -2.44. The third-order valence-electron chi connectivity index (χ3n) is 3.61. The SMILES string of the molecule is CC(C)CCNC(=O)c1ccccc1N1CCNCC1. The molecule has 0 aliphatic carbocycles. The number of hydrogen-bond acceptors (Lipinski definition) is 3. The van der Waals surface area contributed by atoms with E-state index in [2.05, 4.69) is 29.4 Å². The Labute approximate surface area is 121 Å². The highest BCUT2D eigenvalue weighted by atomic mass is 16.1. The second-order valence-corrected chi connectivity index (χ2v) is 5.69. The highest BCUT2D eigenvalue weighted by molar-refractivity contribution is 5.99. The number of carbonyl (C=O) groups is 1. The molecule has 4 nitrogen and oxygen atoms in total. The van der Waals surface area contributed by atoms with Crippen LogP contribution in [0.1, 0.15) is 30.6 Å². The van der Waals surface area contributed by atoms with Gasteiger partial charge in [0.25, 0.3) is 5.91 Å². The molecule has 1 aromatic rings. The van der Waals surface area contributed by atoms with Crippen LogP contribution in [-0.2, 0) is 0 Å². The van der Waals surface area contributed by atoms with Crippen LogP contribution in [0.5, 0.6) is 0 Å². The van der Waals surface area contributed by atoms with Gasteiger partial charge in [-0.3, -0.25) is 4.79 Å². The average molecular weight is 275 g/mol. The van der Waals surface area contributed by atoms with E-state index < -0.39 is 0 Å². The van der Waals surface area contributed by atoms with E-state index in [9.17, 15) is 4.79 Å². The monoisotopic (exact) mass is 275 g/mol. The van der Waals surface area contributed by atoms with Crippen molar-refractivity contribution in [3.63, 3.8) is 0 Å². The molecule has 1 amide bonds. The normalized spacial score (nSPS) is 15.4. The van der Waals surface area contributed by atoms with Crippen molar-refractivity contribution in [2.45, 2.75) is 20.3 Å². The molecule has 1 aromatic carbocycles. The van der Waals surface area contributed by atoms with Crippen LogP contribution in [0.2, 0.25) is 0 Å². The van der Waals surface area contributed by atoms with Crippen molar-refractivity contribution in [2.24, 2.45) is 5.92 Å². The fraction of sp³-hybridized carbons (Fsp3) is 0.562. The first-order chi connectivity index (χ1) is 9.68. The quantitative estimate of drug-likeness (QED) is 0.862. The summed E-state index contributed by atoms with van der Waals surface area (Å²) >= 11 is 0. The Morgan fingerprint density at radius 3 is 2.70 bits per heavy atom. The molecule has 4 heteroatoms. The van der Waals surface area contributed by atoms with Gasteiger partial charge in [0.2, 0.25) is 0 Å². The van der Waals surface area contributed by atoms with Crippen molar-refractivity contribution in [3.05, 3.63) is 29.8 Å². The summed E-state index contributed by atoms with van der Waals surface area (Å²) in [4.78, 5) is 14.6. The van der Waals surface area contributed by atoms with Crippen molar-refractivity contribution in [1.29, 1.82) is 0 Å². The molecule has 2 N–H and O–H groups in total. The van der Waals surface area contributed by atoms with Gasteiger partial charge in [0.05, 0.1) is 5.56 Å². The zero-order chi connectivity index (χ0) is 14.4. The molecule has 1 saturated heterocycles. The molecule has 1 aliphatic heterocycles. The minimum atomic E-state index is 0.0415. The van der Waals surface area contributed by atoms with E-state index in [1.165, 1.54) is 0 Å². The Hall–Kier alpha value is -1.55. The number of anilines is 1. The highest BCUT2D eigenvalue weighted by Gasteiger charge is 2.17. The van der Waals surface area contributed by atoms with Gasteiger partial charge in [-0.1, -0.05) is 26.0 Å². The third-order valence-corrected chi connectivity index (χ3v) is 3.61. The van der Waals surface area contributed by atoms with E-state index >= 15 is 0 Å². The summed E-state index contributed by atoms with van der Waals surface area (Å²) in [5.74, 6) is 0.651. The number of benzene rings is 1. The van der Waals surface area contributed by atoms with Gasteiger partial charge in [-0.05, 0) is 24.5 Å². The zero-order valence-corrected chi connectivity index (χ0v) is 12.5. The zero-order valence-electron chi connectivity index (χ0n) is 12.5. The lowest BCUT2D eigenvalue weighted by Gasteiger charge is -2.30. The topological polar surface area (TPSA) is 44.4 Å². The molecule has 2 rings (SSSR count). The molecule has 0 atom stereocenters. The van der Waals surface area contributed by atoms with Crippen LogP contribution in [0.25, 0.3) is 0 Å². The molecule has 0 bridgehead atoms. The lowest BCUT2D eigenvalue weighted by atomic mass is 10.1. The van der Waals surface area contributed by atoms with Crippen LogP contribution in [0.3, 0.4) is 0 Å². The van der Waals surface area contributed by atoms with Gasteiger partial charge < -0.3 is 15.5 Å². The maximum absolute atomic E-state index is 12.3. The highest BCUT2D eigenvalue weighted by Crippen LogP contribution is 2.20. The molecule has 1 heterocycles. The number of amides is 1. The van der Waals surface area contributed by atoms with Gasteiger partial charge in [-0.2, -0.15) is 0 Å². The first-order valence-electron chi connectivity index (χ1n) is 7.51. The standard InChI is InChI=1S/C16H25N3O/c1-13(2)7-8-18-16(20)14-5-3-4-6-15(14)19-11-9-17-10-12-19/h3-6,13,17H,7-12H2,1-2H3,(H,18,20). The predicted octanol–water partition coefficient (Wildman–Crippen LogP) is 1.87. The Bertz CT molecular complexity index is 439. The van der Waals surface area contributed by atoms with E-state index in [1.54, 1.807) is 0 Å². The molecule has 110 valence electrons. The van der Waals surface area contributed by atoms with Crippen molar-refractivity contribution in [3.8, 4) is 0 Å². The van der Waals surface area contributed by atoms with Crippen LogP contribution in [-0.4, -0.2) is 38.6 Å². The van der Waals surface area contributed by atoms with Crippen molar-refractivity contribution < 1.29 is 4.79 Å². The van der Waals surface area contributed by atoms with Crippen molar-refractivity contribution >= 4 is 11.6 Å². The van der Waals surface area contributed by atoms with Gasteiger partial charge in [0.1, 0.15) is 0 Å². The molecular weight excluding hydrogens is 250 g/mol. The van der Waals surface area contributed by atoms with E-state index in [-0.39, 0.29) is 5.91 Å². The molecule has 1 aliphatic rings.